The lowest BCUT2D eigenvalue weighted by molar-refractivity contribution is 0.192. The van der Waals surface area contributed by atoms with Crippen molar-refractivity contribution in [3.8, 4) is 0 Å². The molecule has 0 amide bonds. The number of imidazole rings is 1. The second-order valence-corrected chi connectivity index (χ2v) is 8.86. The van der Waals surface area contributed by atoms with Crippen molar-refractivity contribution in [2.75, 3.05) is 33.4 Å². The molecule has 1 aliphatic rings. The maximum absolute atomic E-state index is 13.0. The first-order valence-corrected chi connectivity index (χ1v) is 10.7. The monoisotopic (exact) mass is 392 g/mol. The Morgan fingerprint density at radius 3 is 2.67 bits per heavy atom. The zero-order valence-electron chi connectivity index (χ0n) is 15.9. The highest BCUT2D eigenvalue weighted by molar-refractivity contribution is 7.89. The second kappa shape index (κ2) is 8.97. The van der Waals surface area contributed by atoms with E-state index >= 15 is 0 Å². The van der Waals surface area contributed by atoms with E-state index in [0.29, 0.717) is 13.1 Å². The lowest BCUT2D eigenvalue weighted by atomic mass is 9.94. The molecule has 1 aromatic carbocycles. The molecule has 0 bridgehead atoms. The minimum absolute atomic E-state index is 0.0773. The largest absolute Gasteiger partial charge is 0.385 e. The van der Waals surface area contributed by atoms with Crippen LogP contribution < -0.4 is 5.32 Å². The summed E-state index contributed by atoms with van der Waals surface area (Å²) in [4.78, 5) is 4.05. The van der Waals surface area contributed by atoms with Gasteiger partial charge in [0.05, 0.1) is 6.33 Å². The summed E-state index contributed by atoms with van der Waals surface area (Å²) in [5.74, 6) is 0.118. The van der Waals surface area contributed by atoms with Crippen molar-refractivity contribution < 1.29 is 13.2 Å². The van der Waals surface area contributed by atoms with Gasteiger partial charge in [-0.15, -0.1) is 0 Å². The number of aryl methyl sites for hydroxylation is 1. The van der Waals surface area contributed by atoms with Gasteiger partial charge in [-0.05, 0) is 24.9 Å². The normalized spacial score (nSPS) is 21.0. The maximum atomic E-state index is 13.0. The smallest absolute Gasteiger partial charge is 0.262 e. The van der Waals surface area contributed by atoms with Crippen LogP contribution in [-0.2, 0) is 21.8 Å². The van der Waals surface area contributed by atoms with Crippen LogP contribution in [0.2, 0.25) is 0 Å². The van der Waals surface area contributed by atoms with Crippen molar-refractivity contribution in [1.82, 2.24) is 19.2 Å². The zero-order valence-corrected chi connectivity index (χ0v) is 16.7. The first kappa shape index (κ1) is 20.0. The van der Waals surface area contributed by atoms with Crippen LogP contribution in [0.15, 0.2) is 47.9 Å². The van der Waals surface area contributed by atoms with Crippen LogP contribution >= 0.6 is 0 Å². The molecule has 3 rings (SSSR count). The number of benzene rings is 1. The van der Waals surface area contributed by atoms with Crippen LogP contribution in [0.3, 0.4) is 0 Å². The third kappa shape index (κ3) is 4.76. The van der Waals surface area contributed by atoms with Gasteiger partial charge in [-0.1, -0.05) is 30.3 Å². The number of hydrogen-bond donors (Lipinski definition) is 1. The van der Waals surface area contributed by atoms with Crippen molar-refractivity contribution in [1.29, 1.82) is 0 Å². The molecule has 0 spiro atoms. The molecule has 0 aliphatic carbocycles. The van der Waals surface area contributed by atoms with Crippen LogP contribution in [0.25, 0.3) is 0 Å². The van der Waals surface area contributed by atoms with Gasteiger partial charge in [0.1, 0.15) is 0 Å². The van der Waals surface area contributed by atoms with Gasteiger partial charge in [0.15, 0.2) is 5.03 Å². The summed E-state index contributed by atoms with van der Waals surface area (Å²) in [7, 11) is -0.114. The summed E-state index contributed by atoms with van der Waals surface area (Å²) in [6.07, 6.45) is 5.06. The fourth-order valence-electron chi connectivity index (χ4n) is 3.52. The molecule has 2 aromatic rings. The molecule has 2 atom stereocenters. The number of ether oxygens (including phenoxy) is 1. The minimum Gasteiger partial charge on any atom is -0.385 e. The summed E-state index contributed by atoms with van der Waals surface area (Å²) in [5.41, 5.74) is 1.16. The lowest BCUT2D eigenvalue weighted by Gasteiger charge is -2.20. The Labute approximate surface area is 161 Å². The van der Waals surface area contributed by atoms with Crippen molar-refractivity contribution in [2.24, 2.45) is 7.05 Å². The molecule has 1 aliphatic heterocycles. The van der Waals surface area contributed by atoms with E-state index in [1.807, 2.05) is 18.2 Å². The summed E-state index contributed by atoms with van der Waals surface area (Å²) < 4.78 is 34.3. The third-order valence-corrected chi connectivity index (χ3v) is 6.70. The summed E-state index contributed by atoms with van der Waals surface area (Å²) >= 11 is 0. The van der Waals surface area contributed by atoms with Crippen LogP contribution in [0.1, 0.15) is 24.3 Å². The van der Waals surface area contributed by atoms with Crippen LogP contribution in [0, 0.1) is 0 Å². The predicted octanol–water partition coefficient (Wildman–Crippen LogP) is 1.59. The molecule has 2 heterocycles. The van der Waals surface area contributed by atoms with Gasteiger partial charge in [0.25, 0.3) is 10.0 Å². The highest BCUT2D eigenvalue weighted by Gasteiger charge is 2.40. The Morgan fingerprint density at radius 1 is 1.22 bits per heavy atom. The molecular weight excluding hydrogens is 364 g/mol. The molecule has 148 valence electrons. The molecule has 1 saturated heterocycles. The zero-order chi connectivity index (χ0) is 19.3. The van der Waals surface area contributed by atoms with E-state index < -0.39 is 10.0 Å². The third-order valence-electron chi connectivity index (χ3n) is 4.98. The molecule has 1 unspecified atom stereocenters. The van der Waals surface area contributed by atoms with Crippen molar-refractivity contribution in [3.05, 3.63) is 48.4 Å². The van der Waals surface area contributed by atoms with Gasteiger partial charge in [0, 0.05) is 52.0 Å². The topological polar surface area (TPSA) is 76.5 Å². The standard InChI is InChI=1S/C19H28N4O3S/c1-22-14-19(21-15-22)27(24,25)23-12-17(16-8-4-3-5-9-16)18(13-23)20-10-6-7-11-26-2/h3-5,8-9,14-15,17-18,20H,6-7,10-13H2,1-2H3/t17?,18-/m1/s1. The van der Waals surface area contributed by atoms with Gasteiger partial charge >= 0.3 is 0 Å². The Hall–Kier alpha value is -1.74. The number of rotatable bonds is 9. The first-order chi connectivity index (χ1) is 13.0. The fraction of sp³-hybridized carbons (Fsp3) is 0.526. The number of aromatic nitrogens is 2. The van der Waals surface area contributed by atoms with Crippen molar-refractivity contribution >= 4 is 10.0 Å². The van der Waals surface area contributed by atoms with Crippen LogP contribution in [0.5, 0.6) is 0 Å². The Kier molecular flexibility index (Phi) is 6.64. The summed E-state index contributed by atoms with van der Waals surface area (Å²) in [6.45, 7) is 2.49. The molecule has 7 nitrogen and oxygen atoms in total. The van der Waals surface area contributed by atoms with Crippen LogP contribution in [0.4, 0.5) is 0 Å². The molecular formula is C19H28N4O3S. The van der Waals surface area contributed by atoms with E-state index in [9.17, 15) is 8.42 Å². The average molecular weight is 393 g/mol. The van der Waals surface area contributed by atoms with Crippen molar-refractivity contribution in [3.63, 3.8) is 0 Å². The van der Waals surface area contributed by atoms with E-state index in [-0.39, 0.29) is 17.0 Å². The number of sulfonamides is 1. The molecule has 27 heavy (non-hydrogen) atoms. The molecule has 8 heteroatoms. The second-order valence-electron chi connectivity index (χ2n) is 6.98. The van der Waals surface area contributed by atoms with Gasteiger partial charge in [0.2, 0.25) is 0 Å². The quantitative estimate of drug-likeness (QED) is 0.656. The molecule has 1 N–H and O–H groups in total. The molecule has 0 saturated carbocycles. The predicted molar refractivity (Wildman–Crippen MR) is 104 cm³/mol. The van der Waals surface area contributed by atoms with Crippen LogP contribution in [-0.4, -0.2) is 61.7 Å². The van der Waals surface area contributed by atoms with E-state index in [2.05, 4.69) is 22.4 Å². The Bertz CT molecular complexity index is 822. The molecule has 0 radical (unpaired) electrons. The fourth-order valence-corrected chi connectivity index (χ4v) is 4.98. The highest BCUT2D eigenvalue weighted by atomic mass is 32.2. The number of hydrogen-bond acceptors (Lipinski definition) is 5. The van der Waals surface area contributed by atoms with E-state index in [1.165, 1.54) is 6.33 Å². The Balaban J connectivity index is 1.74. The lowest BCUT2D eigenvalue weighted by Crippen LogP contribution is -2.37. The van der Waals surface area contributed by atoms with Gasteiger partial charge in [-0.25, -0.2) is 13.4 Å². The highest BCUT2D eigenvalue weighted by Crippen LogP contribution is 2.31. The number of unbranched alkanes of at least 4 members (excludes halogenated alkanes) is 1. The summed E-state index contributed by atoms with van der Waals surface area (Å²) in [6, 6.07) is 10.2. The number of nitrogens with zero attached hydrogens (tertiary/aromatic N) is 3. The molecule has 1 aromatic heterocycles. The average Bonchev–Trinajstić information content (AvgIpc) is 3.29. The SMILES string of the molecule is COCCCCN[C@@H]1CN(S(=O)(=O)c2cn(C)cn2)CC1c1ccccc1. The number of methoxy groups -OCH3 is 1. The van der Waals surface area contributed by atoms with Gasteiger partial charge < -0.3 is 14.6 Å². The van der Waals surface area contributed by atoms with E-state index in [1.54, 1.807) is 29.2 Å². The number of nitrogens with one attached hydrogen (secondary N) is 1. The first-order valence-electron chi connectivity index (χ1n) is 9.27. The Morgan fingerprint density at radius 2 is 2.00 bits per heavy atom. The van der Waals surface area contributed by atoms with E-state index in [4.69, 9.17) is 4.74 Å². The van der Waals surface area contributed by atoms with Gasteiger partial charge in [-0.3, -0.25) is 0 Å². The summed E-state index contributed by atoms with van der Waals surface area (Å²) in [5, 5.41) is 3.67. The maximum Gasteiger partial charge on any atom is 0.262 e. The van der Waals surface area contributed by atoms with E-state index in [0.717, 1.165) is 31.6 Å². The van der Waals surface area contributed by atoms with Gasteiger partial charge in [-0.2, -0.15) is 4.31 Å². The molecule has 1 fully saturated rings. The van der Waals surface area contributed by atoms with Crippen molar-refractivity contribution in [2.45, 2.75) is 29.8 Å². The minimum atomic E-state index is -3.59.